The summed E-state index contributed by atoms with van der Waals surface area (Å²) in [7, 11) is 0. The molecule has 0 radical (unpaired) electrons. The predicted molar refractivity (Wildman–Crippen MR) is 82.5 cm³/mol. The van der Waals surface area contributed by atoms with Crippen LogP contribution in [0.15, 0.2) is 0 Å². The molecule has 0 bridgehead atoms. The minimum atomic E-state index is 0.300. The van der Waals surface area contributed by atoms with Gasteiger partial charge in [0.05, 0.1) is 0 Å². The largest absolute Gasteiger partial charge is 0.396 e. The van der Waals surface area contributed by atoms with Gasteiger partial charge in [-0.2, -0.15) is 0 Å². The SMILES string of the molecule is CCCCC1CC(NCCCO)CN(C(C)CC)C1. The Balaban J connectivity index is 2.45. The molecule has 3 nitrogen and oxygen atoms in total. The number of hydrogen-bond acceptors (Lipinski definition) is 3. The maximum Gasteiger partial charge on any atom is 0.0443 e. The Morgan fingerprint density at radius 2 is 2.05 bits per heavy atom. The van der Waals surface area contributed by atoms with E-state index < -0.39 is 0 Å². The van der Waals surface area contributed by atoms with Gasteiger partial charge < -0.3 is 10.4 Å². The minimum absolute atomic E-state index is 0.300. The van der Waals surface area contributed by atoms with E-state index in [0.717, 1.165) is 18.9 Å². The van der Waals surface area contributed by atoms with E-state index >= 15 is 0 Å². The van der Waals surface area contributed by atoms with Gasteiger partial charge in [0.15, 0.2) is 0 Å². The molecule has 0 amide bonds. The van der Waals surface area contributed by atoms with Crippen LogP contribution in [0.25, 0.3) is 0 Å². The summed E-state index contributed by atoms with van der Waals surface area (Å²) in [6, 6.07) is 1.32. The van der Waals surface area contributed by atoms with Crippen molar-refractivity contribution in [3.05, 3.63) is 0 Å². The Labute approximate surface area is 119 Å². The fraction of sp³-hybridized carbons (Fsp3) is 1.00. The maximum atomic E-state index is 8.89. The molecule has 3 heteroatoms. The van der Waals surface area contributed by atoms with E-state index in [9.17, 15) is 0 Å². The molecule has 0 spiro atoms. The quantitative estimate of drug-likeness (QED) is 0.632. The Morgan fingerprint density at radius 3 is 2.68 bits per heavy atom. The number of aliphatic hydroxyl groups excluding tert-OH is 1. The lowest BCUT2D eigenvalue weighted by atomic mass is 9.89. The Morgan fingerprint density at radius 1 is 1.26 bits per heavy atom. The van der Waals surface area contributed by atoms with Gasteiger partial charge in [0.1, 0.15) is 0 Å². The Hall–Kier alpha value is -0.120. The van der Waals surface area contributed by atoms with Crippen LogP contribution in [-0.4, -0.2) is 48.3 Å². The van der Waals surface area contributed by atoms with E-state index in [0.29, 0.717) is 18.7 Å². The van der Waals surface area contributed by atoms with Gasteiger partial charge in [0.2, 0.25) is 0 Å². The fourth-order valence-electron chi connectivity index (χ4n) is 3.09. The predicted octanol–water partition coefficient (Wildman–Crippen LogP) is 2.64. The molecule has 0 aromatic heterocycles. The van der Waals surface area contributed by atoms with Crippen molar-refractivity contribution < 1.29 is 5.11 Å². The summed E-state index contributed by atoms with van der Waals surface area (Å²) in [5.41, 5.74) is 0. The molecule has 1 fully saturated rings. The van der Waals surface area contributed by atoms with Crippen LogP contribution in [0.4, 0.5) is 0 Å². The second kappa shape index (κ2) is 9.73. The highest BCUT2D eigenvalue weighted by Gasteiger charge is 2.28. The fourth-order valence-corrected chi connectivity index (χ4v) is 3.09. The molecule has 3 unspecified atom stereocenters. The summed E-state index contributed by atoms with van der Waals surface area (Å²) in [6.07, 6.45) is 7.48. The van der Waals surface area contributed by atoms with E-state index in [1.54, 1.807) is 0 Å². The van der Waals surface area contributed by atoms with Crippen molar-refractivity contribution in [2.24, 2.45) is 5.92 Å². The van der Waals surface area contributed by atoms with E-state index in [2.05, 4.69) is 31.0 Å². The van der Waals surface area contributed by atoms with Crippen molar-refractivity contribution in [3.8, 4) is 0 Å². The molecule has 1 aliphatic heterocycles. The van der Waals surface area contributed by atoms with E-state index in [1.807, 2.05) is 0 Å². The molecule has 1 saturated heterocycles. The molecule has 19 heavy (non-hydrogen) atoms. The highest BCUT2D eigenvalue weighted by molar-refractivity contribution is 4.85. The number of nitrogens with one attached hydrogen (secondary N) is 1. The van der Waals surface area contributed by atoms with Crippen LogP contribution in [-0.2, 0) is 0 Å². The molecule has 0 aromatic rings. The number of nitrogens with zero attached hydrogens (tertiary/aromatic N) is 1. The monoisotopic (exact) mass is 270 g/mol. The normalized spacial score (nSPS) is 26.5. The average molecular weight is 270 g/mol. The van der Waals surface area contributed by atoms with Crippen LogP contribution < -0.4 is 5.32 Å². The zero-order valence-electron chi connectivity index (χ0n) is 13.2. The number of aliphatic hydroxyl groups is 1. The van der Waals surface area contributed by atoms with Crippen LogP contribution in [0.5, 0.6) is 0 Å². The van der Waals surface area contributed by atoms with Crippen LogP contribution >= 0.6 is 0 Å². The second-order valence-corrected chi connectivity index (χ2v) is 6.18. The standard InChI is InChI=1S/C16H34N2O/c1-4-6-8-15-11-16(17-9-7-10-19)13-18(12-15)14(3)5-2/h14-17,19H,4-13H2,1-3H3. The van der Waals surface area contributed by atoms with Crippen LogP contribution in [0.3, 0.4) is 0 Å². The molecule has 114 valence electrons. The Kier molecular flexibility index (Phi) is 8.67. The molecular formula is C16H34N2O. The summed E-state index contributed by atoms with van der Waals surface area (Å²) in [5.74, 6) is 0.856. The van der Waals surface area contributed by atoms with Gasteiger partial charge in [0, 0.05) is 31.8 Å². The summed E-state index contributed by atoms with van der Waals surface area (Å²) in [4.78, 5) is 2.67. The molecule has 0 saturated carbocycles. The van der Waals surface area contributed by atoms with Gasteiger partial charge in [0.25, 0.3) is 0 Å². The van der Waals surface area contributed by atoms with Gasteiger partial charge in [-0.25, -0.2) is 0 Å². The first kappa shape index (κ1) is 16.9. The average Bonchev–Trinajstić information content (AvgIpc) is 2.44. The zero-order valence-corrected chi connectivity index (χ0v) is 13.2. The Bertz CT molecular complexity index is 223. The lowest BCUT2D eigenvalue weighted by Crippen LogP contribution is -2.52. The molecule has 3 atom stereocenters. The second-order valence-electron chi connectivity index (χ2n) is 6.18. The van der Waals surface area contributed by atoms with Crippen molar-refractivity contribution in [2.75, 3.05) is 26.2 Å². The maximum absolute atomic E-state index is 8.89. The first-order valence-electron chi connectivity index (χ1n) is 8.29. The smallest absolute Gasteiger partial charge is 0.0443 e. The minimum Gasteiger partial charge on any atom is -0.396 e. The molecular weight excluding hydrogens is 236 g/mol. The first-order chi connectivity index (χ1) is 9.21. The third kappa shape index (κ3) is 6.24. The summed E-state index contributed by atoms with van der Waals surface area (Å²) >= 11 is 0. The van der Waals surface area contributed by atoms with E-state index in [4.69, 9.17) is 5.11 Å². The van der Waals surface area contributed by atoms with Crippen LogP contribution in [0.1, 0.15) is 59.3 Å². The van der Waals surface area contributed by atoms with Crippen LogP contribution in [0, 0.1) is 5.92 Å². The van der Waals surface area contributed by atoms with E-state index in [1.165, 1.54) is 45.2 Å². The van der Waals surface area contributed by atoms with Crippen molar-refractivity contribution in [2.45, 2.75) is 71.4 Å². The van der Waals surface area contributed by atoms with Crippen molar-refractivity contribution >= 4 is 0 Å². The first-order valence-corrected chi connectivity index (χ1v) is 8.29. The van der Waals surface area contributed by atoms with Gasteiger partial charge in [-0.1, -0.05) is 26.7 Å². The highest BCUT2D eigenvalue weighted by Crippen LogP contribution is 2.24. The third-order valence-electron chi connectivity index (χ3n) is 4.51. The van der Waals surface area contributed by atoms with Crippen molar-refractivity contribution in [1.29, 1.82) is 0 Å². The number of piperidine rings is 1. The molecule has 2 N–H and O–H groups in total. The molecule has 1 aliphatic rings. The van der Waals surface area contributed by atoms with Gasteiger partial charge in [-0.3, -0.25) is 4.90 Å². The number of likely N-dealkylation sites (tertiary alicyclic amines) is 1. The van der Waals surface area contributed by atoms with Crippen molar-refractivity contribution in [1.82, 2.24) is 10.2 Å². The van der Waals surface area contributed by atoms with Gasteiger partial charge in [-0.05, 0) is 45.1 Å². The topological polar surface area (TPSA) is 35.5 Å². The number of hydrogen-bond donors (Lipinski definition) is 2. The van der Waals surface area contributed by atoms with Crippen molar-refractivity contribution in [3.63, 3.8) is 0 Å². The number of unbranched alkanes of at least 4 members (excludes halogenated alkanes) is 1. The third-order valence-corrected chi connectivity index (χ3v) is 4.51. The van der Waals surface area contributed by atoms with E-state index in [-0.39, 0.29) is 0 Å². The highest BCUT2D eigenvalue weighted by atomic mass is 16.3. The van der Waals surface area contributed by atoms with Gasteiger partial charge >= 0.3 is 0 Å². The summed E-state index contributed by atoms with van der Waals surface area (Å²) in [5, 5.41) is 12.5. The number of rotatable bonds is 9. The summed E-state index contributed by atoms with van der Waals surface area (Å²) < 4.78 is 0. The van der Waals surface area contributed by atoms with Crippen LogP contribution in [0.2, 0.25) is 0 Å². The lowest BCUT2D eigenvalue weighted by Gasteiger charge is -2.41. The zero-order chi connectivity index (χ0) is 14.1. The summed E-state index contributed by atoms with van der Waals surface area (Å²) in [6.45, 7) is 10.6. The molecule has 1 rings (SSSR count). The molecule has 0 aliphatic carbocycles. The van der Waals surface area contributed by atoms with Gasteiger partial charge in [-0.15, -0.1) is 0 Å². The lowest BCUT2D eigenvalue weighted by molar-refractivity contribution is 0.0968. The molecule has 0 aromatic carbocycles. The molecule has 1 heterocycles.